The van der Waals surface area contributed by atoms with Gasteiger partial charge in [-0.15, -0.1) is 0 Å². The van der Waals surface area contributed by atoms with Crippen LogP contribution in [0.5, 0.6) is 5.75 Å². The van der Waals surface area contributed by atoms with E-state index < -0.39 is 10.0 Å². The van der Waals surface area contributed by atoms with Crippen molar-refractivity contribution in [2.75, 3.05) is 30.3 Å². The van der Waals surface area contributed by atoms with E-state index in [-0.39, 0.29) is 19.0 Å². The van der Waals surface area contributed by atoms with Crippen LogP contribution in [0.2, 0.25) is 0 Å². The lowest BCUT2D eigenvalue weighted by Crippen LogP contribution is -2.41. The number of sulfonamides is 1. The highest BCUT2D eigenvalue weighted by Crippen LogP contribution is 2.19. The minimum Gasteiger partial charge on any atom is -0.491 e. The van der Waals surface area contributed by atoms with Crippen molar-refractivity contribution >= 4 is 21.6 Å². The molecule has 7 heteroatoms. The first kappa shape index (κ1) is 20.8. The number of anilines is 1. The number of carbonyl (C=O) groups excluding carboxylic acids is 1. The second-order valence-corrected chi connectivity index (χ2v) is 8.48. The first-order chi connectivity index (χ1) is 12.7. The number of carbonyl (C=O) groups is 1. The maximum Gasteiger partial charge on any atom is 0.240 e. The highest BCUT2D eigenvalue weighted by molar-refractivity contribution is 7.92. The summed E-state index contributed by atoms with van der Waals surface area (Å²) < 4.78 is 30.9. The van der Waals surface area contributed by atoms with Gasteiger partial charge >= 0.3 is 0 Å². The Bertz CT molecular complexity index is 893. The van der Waals surface area contributed by atoms with E-state index in [0.29, 0.717) is 12.3 Å². The molecule has 146 valence electrons. The van der Waals surface area contributed by atoms with Crippen LogP contribution in [-0.2, 0) is 14.8 Å². The molecule has 2 aromatic rings. The minimum absolute atomic E-state index is 0.272. The average molecular weight is 391 g/mol. The molecule has 2 rings (SSSR count). The van der Waals surface area contributed by atoms with Gasteiger partial charge < -0.3 is 10.1 Å². The van der Waals surface area contributed by atoms with Crippen LogP contribution in [0.25, 0.3) is 0 Å². The van der Waals surface area contributed by atoms with Crippen LogP contribution in [0, 0.1) is 20.8 Å². The standard InChI is InChI=1S/C20H26N2O4S/c1-15-6-9-18(10-7-15)22(27(4,24)25)14-20(23)21-11-12-26-19-13-16(2)5-8-17(19)3/h5-10,13H,11-12,14H2,1-4H3,(H,21,23). The molecular weight excluding hydrogens is 364 g/mol. The van der Waals surface area contributed by atoms with E-state index >= 15 is 0 Å². The van der Waals surface area contributed by atoms with Gasteiger partial charge in [0, 0.05) is 0 Å². The zero-order chi connectivity index (χ0) is 20.0. The van der Waals surface area contributed by atoms with Gasteiger partial charge in [0.2, 0.25) is 15.9 Å². The molecule has 0 atom stereocenters. The zero-order valence-corrected chi connectivity index (χ0v) is 17.0. The van der Waals surface area contributed by atoms with Crippen molar-refractivity contribution in [2.45, 2.75) is 20.8 Å². The van der Waals surface area contributed by atoms with Gasteiger partial charge in [-0.3, -0.25) is 9.10 Å². The average Bonchev–Trinajstić information content (AvgIpc) is 2.59. The largest absolute Gasteiger partial charge is 0.491 e. The highest BCUT2D eigenvalue weighted by atomic mass is 32.2. The molecule has 0 fully saturated rings. The molecule has 0 radical (unpaired) electrons. The molecule has 2 aromatic carbocycles. The number of nitrogens with zero attached hydrogens (tertiary/aromatic N) is 1. The summed E-state index contributed by atoms with van der Waals surface area (Å²) >= 11 is 0. The molecule has 0 saturated carbocycles. The second kappa shape index (κ2) is 8.90. The van der Waals surface area contributed by atoms with E-state index in [1.54, 1.807) is 12.1 Å². The number of ether oxygens (including phenoxy) is 1. The number of aryl methyl sites for hydroxylation is 3. The van der Waals surface area contributed by atoms with Crippen molar-refractivity contribution < 1.29 is 17.9 Å². The number of hydrogen-bond acceptors (Lipinski definition) is 4. The minimum atomic E-state index is -3.57. The lowest BCUT2D eigenvalue weighted by molar-refractivity contribution is -0.119. The molecule has 0 unspecified atom stereocenters. The molecule has 0 saturated heterocycles. The van der Waals surface area contributed by atoms with Crippen molar-refractivity contribution in [3.8, 4) is 5.75 Å². The summed E-state index contributed by atoms with van der Waals surface area (Å²) in [6, 6.07) is 12.9. The van der Waals surface area contributed by atoms with Crippen LogP contribution in [0.1, 0.15) is 16.7 Å². The third-order valence-electron chi connectivity index (χ3n) is 4.03. The van der Waals surface area contributed by atoms with Crippen molar-refractivity contribution in [1.82, 2.24) is 5.32 Å². The molecule has 0 aliphatic heterocycles. The summed E-state index contributed by atoms with van der Waals surface area (Å²) in [6.07, 6.45) is 1.09. The topological polar surface area (TPSA) is 75.7 Å². The summed E-state index contributed by atoms with van der Waals surface area (Å²) in [4.78, 5) is 12.2. The van der Waals surface area contributed by atoms with Gasteiger partial charge in [0.05, 0.1) is 18.5 Å². The molecule has 0 aliphatic rings. The van der Waals surface area contributed by atoms with Gasteiger partial charge in [-0.25, -0.2) is 8.42 Å². The van der Waals surface area contributed by atoms with Crippen LogP contribution >= 0.6 is 0 Å². The third-order valence-corrected chi connectivity index (χ3v) is 5.18. The van der Waals surface area contributed by atoms with Gasteiger partial charge in [-0.1, -0.05) is 29.8 Å². The fraction of sp³-hybridized carbons (Fsp3) is 0.350. The third kappa shape index (κ3) is 6.29. The van der Waals surface area contributed by atoms with Gasteiger partial charge in [0.15, 0.2) is 0 Å². The Morgan fingerprint density at radius 1 is 1.04 bits per heavy atom. The first-order valence-corrected chi connectivity index (χ1v) is 10.5. The zero-order valence-electron chi connectivity index (χ0n) is 16.2. The Morgan fingerprint density at radius 3 is 2.30 bits per heavy atom. The van der Waals surface area contributed by atoms with Gasteiger partial charge in [-0.05, 0) is 50.1 Å². The maximum atomic E-state index is 12.2. The van der Waals surface area contributed by atoms with Crippen LogP contribution in [-0.4, -0.2) is 40.3 Å². The van der Waals surface area contributed by atoms with Crippen molar-refractivity contribution in [1.29, 1.82) is 0 Å². The fourth-order valence-electron chi connectivity index (χ4n) is 2.51. The molecule has 1 N–H and O–H groups in total. The summed E-state index contributed by atoms with van der Waals surface area (Å²) in [6.45, 7) is 6.18. The number of benzene rings is 2. The molecule has 0 aromatic heterocycles. The Balaban J connectivity index is 1.90. The summed E-state index contributed by atoms with van der Waals surface area (Å²) in [5.41, 5.74) is 3.60. The highest BCUT2D eigenvalue weighted by Gasteiger charge is 2.20. The van der Waals surface area contributed by atoms with E-state index in [9.17, 15) is 13.2 Å². The van der Waals surface area contributed by atoms with Crippen LogP contribution in [0.3, 0.4) is 0 Å². The first-order valence-electron chi connectivity index (χ1n) is 8.68. The molecule has 0 bridgehead atoms. The quantitative estimate of drug-likeness (QED) is 0.703. The van der Waals surface area contributed by atoms with E-state index in [1.807, 2.05) is 51.1 Å². The predicted octanol–water partition coefficient (Wildman–Crippen LogP) is 2.57. The molecule has 0 aliphatic carbocycles. The van der Waals surface area contributed by atoms with Crippen LogP contribution in [0.4, 0.5) is 5.69 Å². The molecule has 0 heterocycles. The number of nitrogens with one attached hydrogen (secondary N) is 1. The monoisotopic (exact) mass is 390 g/mol. The van der Waals surface area contributed by atoms with Crippen molar-refractivity contribution in [3.63, 3.8) is 0 Å². The molecule has 27 heavy (non-hydrogen) atoms. The van der Waals surface area contributed by atoms with Crippen LogP contribution in [0.15, 0.2) is 42.5 Å². The van der Waals surface area contributed by atoms with Crippen molar-refractivity contribution in [2.24, 2.45) is 0 Å². The normalized spacial score (nSPS) is 11.1. The van der Waals surface area contributed by atoms with Gasteiger partial charge in [0.1, 0.15) is 18.9 Å². The van der Waals surface area contributed by atoms with Gasteiger partial charge in [-0.2, -0.15) is 0 Å². The lowest BCUT2D eigenvalue weighted by Gasteiger charge is -2.22. The number of amides is 1. The SMILES string of the molecule is Cc1ccc(N(CC(=O)NCCOc2cc(C)ccc2C)S(C)(=O)=O)cc1. The lowest BCUT2D eigenvalue weighted by atomic mass is 10.1. The maximum absolute atomic E-state index is 12.2. The Kier molecular flexibility index (Phi) is 6.85. The molecule has 0 spiro atoms. The predicted molar refractivity (Wildman–Crippen MR) is 108 cm³/mol. The smallest absolute Gasteiger partial charge is 0.240 e. The van der Waals surface area contributed by atoms with E-state index in [4.69, 9.17) is 4.74 Å². The Hall–Kier alpha value is -2.54. The Morgan fingerprint density at radius 2 is 1.67 bits per heavy atom. The summed E-state index contributed by atoms with van der Waals surface area (Å²) in [5.74, 6) is 0.396. The van der Waals surface area contributed by atoms with E-state index in [2.05, 4.69) is 5.32 Å². The molecular formula is C20H26N2O4S. The summed E-state index contributed by atoms with van der Waals surface area (Å²) in [7, 11) is -3.57. The molecule has 1 amide bonds. The van der Waals surface area contributed by atoms with Crippen LogP contribution < -0.4 is 14.4 Å². The van der Waals surface area contributed by atoms with Gasteiger partial charge in [0.25, 0.3) is 0 Å². The summed E-state index contributed by atoms with van der Waals surface area (Å²) in [5, 5.41) is 2.70. The Labute approximate surface area is 161 Å². The van der Waals surface area contributed by atoms with Crippen molar-refractivity contribution in [3.05, 3.63) is 59.2 Å². The van der Waals surface area contributed by atoms with E-state index in [0.717, 1.165) is 33.0 Å². The van der Waals surface area contributed by atoms with E-state index in [1.165, 1.54) is 0 Å². The second-order valence-electron chi connectivity index (χ2n) is 6.57. The number of rotatable bonds is 8. The number of hydrogen-bond donors (Lipinski definition) is 1. The molecule has 6 nitrogen and oxygen atoms in total. The fourth-order valence-corrected chi connectivity index (χ4v) is 3.37.